The van der Waals surface area contributed by atoms with Crippen molar-refractivity contribution in [2.45, 2.75) is 26.2 Å². The number of amides is 1. The fourth-order valence-electron chi connectivity index (χ4n) is 2.35. The Bertz CT molecular complexity index is 435. The van der Waals surface area contributed by atoms with E-state index in [1.807, 2.05) is 6.07 Å². The molecule has 2 atom stereocenters. The van der Waals surface area contributed by atoms with Crippen LogP contribution >= 0.6 is 27.5 Å². The van der Waals surface area contributed by atoms with Gasteiger partial charge in [-0.05, 0) is 52.9 Å². The van der Waals surface area contributed by atoms with E-state index in [0.29, 0.717) is 10.9 Å². The van der Waals surface area contributed by atoms with Crippen LogP contribution in [0.2, 0.25) is 5.02 Å². The minimum absolute atomic E-state index is 0.123. The summed E-state index contributed by atoms with van der Waals surface area (Å²) in [5.74, 6) is 0.761. The molecule has 92 valence electrons. The third-order valence-electron chi connectivity index (χ3n) is 3.39. The SMILES string of the molecule is CC1CCCC1C(=O)Nc1ccc(Cl)cc1Br. The predicted molar refractivity (Wildman–Crippen MR) is 74.3 cm³/mol. The molecule has 0 spiro atoms. The van der Waals surface area contributed by atoms with Gasteiger partial charge in [0.05, 0.1) is 5.69 Å². The molecule has 2 nitrogen and oxygen atoms in total. The fraction of sp³-hybridized carbons (Fsp3) is 0.462. The van der Waals surface area contributed by atoms with Gasteiger partial charge in [0.25, 0.3) is 0 Å². The Labute approximate surface area is 115 Å². The quantitative estimate of drug-likeness (QED) is 0.856. The molecule has 0 aliphatic heterocycles. The van der Waals surface area contributed by atoms with Gasteiger partial charge in [-0.2, -0.15) is 0 Å². The molecule has 1 aromatic rings. The average Bonchev–Trinajstić information content (AvgIpc) is 2.68. The van der Waals surface area contributed by atoms with Crippen molar-refractivity contribution in [3.05, 3.63) is 27.7 Å². The van der Waals surface area contributed by atoms with Crippen LogP contribution in [-0.2, 0) is 4.79 Å². The molecule has 17 heavy (non-hydrogen) atoms. The zero-order valence-corrected chi connectivity index (χ0v) is 12.0. The van der Waals surface area contributed by atoms with Crippen molar-refractivity contribution in [3.8, 4) is 0 Å². The van der Waals surface area contributed by atoms with Gasteiger partial charge in [-0.3, -0.25) is 4.79 Å². The lowest BCUT2D eigenvalue weighted by molar-refractivity contribution is -0.120. The van der Waals surface area contributed by atoms with Crippen LogP contribution in [-0.4, -0.2) is 5.91 Å². The van der Waals surface area contributed by atoms with Crippen molar-refractivity contribution < 1.29 is 4.79 Å². The molecule has 0 bridgehead atoms. The number of halogens is 2. The summed E-state index contributed by atoms with van der Waals surface area (Å²) in [5, 5.41) is 3.62. The number of anilines is 1. The van der Waals surface area contributed by atoms with Gasteiger partial charge in [0.1, 0.15) is 0 Å². The van der Waals surface area contributed by atoms with Crippen molar-refractivity contribution in [1.29, 1.82) is 0 Å². The van der Waals surface area contributed by atoms with Gasteiger partial charge in [0, 0.05) is 15.4 Å². The molecule has 1 fully saturated rings. The lowest BCUT2D eigenvalue weighted by Gasteiger charge is -2.16. The van der Waals surface area contributed by atoms with Crippen LogP contribution in [0.3, 0.4) is 0 Å². The first-order valence-corrected chi connectivity index (χ1v) is 7.01. The number of carbonyl (C=O) groups is 1. The Morgan fingerprint density at radius 2 is 2.24 bits per heavy atom. The molecule has 1 aliphatic carbocycles. The highest BCUT2D eigenvalue weighted by molar-refractivity contribution is 9.10. The number of hydrogen-bond donors (Lipinski definition) is 1. The monoisotopic (exact) mass is 315 g/mol. The lowest BCUT2D eigenvalue weighted by Crippen LogP contribution is -2.24. The first-order valence-electron chi connectivity index (χ1n) is 5.84. The second-order valence-corrected chi connectivity index (χ2v) is 5.92. The highest BCUT2D eigenvalue weighted by atomic mass is 79.9. The van der Waals surface area contributed by atoms with Crippen LogP contribution < -0.4 is 5.32 Å². The molecule has 4 heteroatoms. The summed E-state index contributed by atoms with van der Waals surface area (Å²) in [7, 11) is 0. The third kappa shape index (κ3) is 3.02. The Kier molecular flexibility index (Phi) is 4.10. The Balaban J connectivity index is 2.07. The molecule has 0 heterocycles. The molecule has 0 aromatic heterocycles. The topological polar surface area (TPSA) is 29.1 Å². The van der Waals surface area contributed by atoms with E-state index in [-0.39, 0.29) is 11.8 Å². The number of nitrogens with one attached hydrogen (secondary N) is 1. The molecular formula is C13H15BrClNO. The normalized spacial score (nSPS) is 23.7. The summed E-state index contributed by atoms with van der Waals surface area (Å²) in [5.41, 5.74) is 0.790. The summed E-state index contributed by atoms with van der Waals surface area (Å²) < 4.78 is 0.823. The lowest BCUT2D eigenvalue weighted by atomic mass is 9.97. The summed E-state index contributed by atoms with van der Waals surface area (Å²) >= 11 is 9.26. The molecule has 0 radical (unpaired) electrons. The van der Waals surface area contributed by atoms with Gasteiger partial charge < -0.3 is 5.32 Å². The Morgan fingerprint density at radius 3 is 2.82 bits per heavy atom. The van der Waals surface area contributed by atoms with Gasteiger partial charge in [0.15, 0.2) is 0 Å². The molecule has 1 N–H and O–H groups in total. The highest BCUT2D eigenvalue weighted by Gasteiger charge is 2.29. The number of hydrogen-bond acceptors (Lipinski definition) is 1. The van der Waals surface area contributed by atoms with E-state index in [1.54, 1.807) is 12.1 Å². The van der Waals surface area contributed by atoms with Crippen LogP contribution in [0.1, 0.15) is 26.2 Å². The zero-order chi connectivity index (χ0) is 12.4. The molecule has 0 saturated heterocycles. The van der Waals surface area contributed by atoms with Crippen LogP contribution in [0.25, 0.3) is 0 Å². The van der Waals surface area contributed by atoms with E-state index in [1.165, 1.54) is 0 Å². The van der Waals surface area contributed by atoms with Gasteiger partial charge in [-0.25, -0.2) is 0 Å². The summed E-state index contributed by atoms with van der Waals surface area (Å²) in [6.45, 7) is 2.15. The van der Waals surface area contributed by atoms with Crippen molar-refractivity contribution in [2.75, 3.05) is 5.32 Å². The van der Waals surface area contributed by atoms with Crippen LogP contribution in [0.4, 0.5) is 5.69 Å². The van der Waals surface area contributed by atoms with Crippen molar-refractivity contribution in [1.82, 2.24) is 0 Å². The van der Waals surface area contributed by atoms with Crippen molar-refractivity contribution >= 4 is 39.1 Å². The van der Waals surface area contributed by atoms with E-state index in [2.05, 4.69) is 28.2 Å². The standard InChI is InChI=1S/C13H15BrClNO/c1-8-3-2-4-10(8)13(17)16-12-6-5-9(15)7-11(12)14/h5-8,10H,2-4H2,1H3,(H,16,17). The molecule has 1 amide bonds. The van der Waals surface area contributed by atoms with Gasteiger partial charge in [-0.15, -0.1) is 0 Å². The zero-order valence-electron chi connectivity index (χ0n) is 9.67. The highest BCUT2D eigenvalue weighted by Crippen LogP contribution is 2.33. The Hall–Kier alpha value is -0.540. The summed E-state index contributed by atoms with van der Waals surface area (Å²) in [4.78, 5) is 12.1. The number of benzene rings is 1. The van der Waals surface area contributed by atoms with Crippen LogP contribution in [0.5, 0.6) is 0 Å². The summed E-state index contributed by atoms with van der Waals surface area (Å²) in [6.07, 6.45) is 3.30. The summed E-state index contributed by atoms with van der Waals surface area (Å²) in [6, 6.07) is 5.39. The van der Waals surface area contributed by atoms with Gasteiger partial charge in [0.2, 0.25) is 5.91 Å². The van der Waals surface area contributed by atoms with E-state index in [4.69, 9.17) is 11.6 Å². The van der Waals surface area contributed by atoms with Gasteiger partial charge >= 0.3 is 0 Å². The molecule has 1 aliphatic rings. The maximum atomic E-state index is 12.1. The first kappa shape index (κ1) is 12.9. The maximum Gasteiger partial charge on any atom is 0.227 e. The van der Waals surface area contributed by atoms with Crippen molar-refractivity contribution in [2.24, 2.45) is 11.8 Å². The number of carbonyl (C=O) groups excluding carboxylic acids is 1. The van der Waals surface area contributed by atoms with Gasteiger partial charge in [-0.1, -0.05) is 24.9 Å². The van der Waals surface area contributed by atoms with Crippen LogP contribution in [0.15, 0.2) is 22.7 Å². The fourth-order valence-corrected chi connectivity index (χ4v) is 3.13. The predicted octanol–water partition coefficient (Wildman–Crippen LogP) is 4.48. The smallest absolute Gasteiger partial charge is 0.227 e. The molecular weight excluding hydrogens is 302 g/mol. The van der Waals surface area contributed by atoms with E-state index in [9.17, 15) is 4.79 Å². The minimum atomic E-state index is 0.123. The second-order valence-electron chi connectivity index (χ2n) is 4.63. The third-order valence-corrected chi connectivity index (χ3v) is 4.28. The second kappa shape index (κ2) is 5.40. The van der Waals surface area contributed by atoms with E-state index in [0.717, 1.165) is 29.4 Å². The largest absolute Gasteiger partial charge is 0.325 e. The number of rotatable bonds is 2. The van der Waals surface area contributed by atoms with E-state index >= 15 is 0 Å². The minimum Gasteiger partial charge on any atom is -0.325 e. The Morgan fingerprint density at radius 1 is 1.47 bits per heavy atom. The molecule has 1 saturated carbocycles. The molecule has 2 unspecified atom stereocenters. The molecule has 2 rings (SSSR count). The molecule has 1 aromatic carbocycles. The average molecular weight is 317 g/mol. The van der Waals surface area contributed by atoms with E-state index < -0.39 is 0 Å². The van der Waals surface area contributed by atoms with Crippen LogP contribution in [0, 0.1) is 11.8 Å². The first-order chi connectivity index (χ1) is 8.08. The van der Waals surface area contributed by atoms with Crippen molar-refractivity contribution in [3.63, 3.8) is 0 Å². The maximum absolute atomic E-state index is 12.1.